The third kappa shape index (κ3) is 7.33. The molecule has 3 N–H and O–H groups in total. The molecule has 3 aromatic rings. The van der Waals surface area contributed by atoms with Gasteiger partial charge in [0.2, 0.25) is 21.9 Å². The highest BCUT2D eigenvalue weighted by molar-refractivity contribution is 7.90. The molecule has 3 rings (SSSR count). The van der Waals surface area contributed by atoms with Crippen molar-refractivity contribution in [3.63, 3.8) is 0 Å². The van der Waals surface area contributed by atoms with E-state index >= 15 is 0 Å². The van der Waals surface area contributed by atoms with Crippen LogP contribution in [0.4, 0.5) is 5.69 Å². The first-order valence-electron chi connectivity index (χ1n) is 11.8. The minimum atomic E-state index is -4.23. The number of amides is 1. The van der Waals surface area contributed by atoms with Gasteiger partial charge in [-0.15, -0.1) is 0 Å². The van der Waals surface area contributed by atoms with Crippen LogP contribution in [0.3, 0.4) is 0 Å². The Morgan fingerprint density at radius 2 is 1.55 bits per heavy atom. The molecular weight excluding hydrogens is 542 g/mol. The van der Waals surface area contributed by atoms with Gasteiger partial charge in [0.25, 0.3) is 5.91 Å². The summed E-state index contributed by atoms with van der Waals surface area (Å²) in [7, 11) is 1.39. The van der Waals surface area contributed by atoms with E-state index in [1.54, 1.807) is 42.7 Å². The van der Waals surface area contributed by atoms with E-state index in [4.69, 9.17) is 18.9 Å². The number of aryl methyl sites for hydroxylation is 1. The number of aliphatic imine (C=N–C) groups is 1. The first kappa shape index (κ1) is 30.0. The summed E-state index contributed by atoms with van der Waals surface area (Å²) in [4.78, 5) is 29.6. The molecular formula is C25H31N7O7S. The maximum absolute atomic E-state index is 13.5. The van der Waals surface area contributed by atoms with Crippen LogP contribution in [0.2, 0.25) is 0 Å². The van der Waals surface area contributed by atoms with Crippen LogP contribution >= 0.6 is 0 Å². The van der Waals surface area contributed by atoms with Crippen LogP contribution in [-0.2, 0) is 14.8 Å². The third-order valence-corrected chi connectivity index (χ3v) is 7.25. The van der Waals surface area contributed by atoms with Crippen LogP contribution < -0.4 is 29.8 Å². The Balaban J connectivity index is 1.96. The normalized spacial score (nSPS) is 13.1. The number of hydrazine groups is 1. The zero-order chi connectivity index (χ0) is 29.3. The summed E-state index contributed by atoms with van der Waals surface area (Å²) in [5, 5.41) is -1.19. The summed E-state index contributed by atoms with van der Waals surface area (Å²) in [5.41, 5.74) is 5.87. The third-order valence-electron chi connectivity index (χ3n) is 5.55. The Morgan fingerprint density at radius 1 is 0.925 bits per heavy atom. The summed E-state index contributed by atoms with van der Waals surface area (Å²) in [5.74, 6) is -0.0803. The standard InChI is InChI=1S/C25H31N7O7S/c1-15-13-26-23(27-14-15)22(39-6)16(2)40(34,35)32-25(29-21-18(36-3)10-8-11-19(21)37-4)31-30-24(33)17-9-7-12-20(28-17)38-5/h7-14,16,22H,1-6H3,(H,30,33)(H2,29,31,32). The Hall–Kier alpha value is -4.50. The molecule has 0 saturated heterocycles. The lowest BCUT2D eigenvalue weighted by molar-refractivity contribution is 0.0935. The molecule has 2 unspecified atom stereocenters. The Kier molecular flexibility index (Phi) is 10.2. The van der Waals surface area contributed by atoms with Gasteiger partial charge >= 0.3 is 0 Å². The van der Waals surface area contributed by atoms with E-state index in [9.17, 15) is 13.2 Å². The van der Waals surface area contributed by atoms with Crippen molar-refractivity contribution in [3.8, 4) is 17.4 Å². The topological polar surface area (TPSA) is 175 Å². The molecule has 2 heterocycles. The number of pyridine rings is 1. The van der Waals surface area contributed by atoms with E-state index in [0.717, 1.165) is 5.56 Å². The second kappa shape index (κ2) is 13.5. The number of aromatic nitrogens is 3. The number of guanidine groups is 1. The van der Waals surface area contributed by atoms with Gasteiger partial charge in [-0.1, -0.05) is 12.1 Å². The second-order valence-corrected chi connectivity index (χ2v) is 10.3. The summed E-state index contributed by atoms with van der Waals surface area (Å²) in [6.45, 7) is 3.24. The number of benzene rings is 1. The Morgan fingerprint density at radius 3 is 2.12 bits per heavy atom. The molecule has 0 aliphatic carbocycles. The molecule has 15 heteroatoms. The van der Waals surface area contributed by atoms with Crippen LogP contribution in [0.25, 0.3) is 0 Å². The minimum Gasteiger partial charge on any atom is -0.494 e. The summed E-state index contributed by atoms with van der Waals surface area (Å²) >= 11 is 0. The number of rotatable bonds is 10. The van der Waals surface area contributed by atoms with Crippen LogP contribution in [0.5, 0.6) is 17.4 Å². The average Bonchev–Trinajstić information content (AvgIpc) is 2.96. The van der Waals surface area contributed by atoms with Gasteiger partial charge in [-0.05, 0) is 37.6 Å². The van der Waals surface area contributed by atoms with Gasteiger partial charge < -0.3 is 18.9 Å². The van der Waals surface area contributed by atoms with E-state index in [-0.39, 0.29) is 40.5 Å². The van der Waals surface area contributed by atoms with Crippen molar-refractivity contribution in [1.82, 2.24) is 30.5 Å². The maximum Gasteiger partial charge on any atom is 0.288 e. The van der Waals surface area contributed by atoms with Crippen molar-refractivity contribution in [2.75, 3.05) is 28.4 Å². The van der Waals surface area contributed by atoms with Gasteiger partial charge in [0.15, 0.2) is 11.5 Å². The van der Waals surface area contributed by atoms with Crippen molar-refractivity contribution < 1.29 is 32.2 Å². The Labute approximate surface area is 232 Å². The monoisotopic (exact) mass is 573 g/mol. The van der Waals surface area contributed by atoms with Crippen molar-refractivity contribution in [3.05, 3.63) is 65.9 Å². The smallest absolute Gasteiger partial charge is 0.288 e. The first-order chi connectivity index (χ1) is 19.1. The van der Waals surface area contributed by atoms with Crippen LogP contribution in [0, 0.1) is 6.92 Å². The van der Waals surface area contributed by atoms with Crippen molar-refractivity contribution >= 4 is 27.6 Å². The molecule has 0 bridgehead atoms. The van der Waals surface area contributed by atoms with Gasteiger partial charge in [-0.2, -0.15) is 0 Å². The van der Waals surface area contributed by atoms with Crippen LogP contribution in [0.15, 0.2) is 53.8 Å². The van der Waals surface area contributed by atoms with Gasteiger partial charge in [0.05, 0.1) is 21.3 Å². The van der Waals surface area contributed by atoms with Crippen LogP contribution in [0.1, 0.15) is 34.9 Å². The highest BCUT2D eigenvalue weighted by Gasteiger charge is 2.34. The lowest BCUT2D eigenvalue weighted by Gasteiger charge is -2.23. The molecule has 2 aromatic heterocycles. The molecule has 0 fully saturated rings. The first-order valence-corrected chi connectivity index (χ1v) is 13.4. The predicted octanol–water partition coefficient (Wildman–Crippen LogP) is 1.82. The molecule has 0 spiro atoms. The van der Waals surface area contributed by atoms with E-state index < -0.39 is 27.3 Å². The molecule has 0 aliphatic heterocycles. The summed E-state index contributed by atoms with van der Waals surface area (Å²) in [6.07, 6.45) is 2.10. The number of hydrogen-bond donors (Lipinski definition) is 3. The number of carbonyl (C=O) groups excluding carboxylic acids is 1. The number of nitrogens with zero attached hydrogens (tertiary/aromatic N) is 4. The SMILES string of the molecule is COc1cccc(C(=O)NN/C(=N/c2c(OC)cccc2OC)NS(=O)(=O)C(C)C(OC)c2ncc(C)cn2)n1. The quantitative estimate of drug-likeness (QED) is 0.183. The second-order valence-electron chi connectivity index (χ2n) is 8.24. The lowest BCUT2D eigenvalue weighted by Crippen LogP contribution is -2.52. The maximum atomic E-state index is 13.5. The fourth-order valence-electron chi connectivity index (χ4n) is 3.41. The summed E-state index contributed by atoms with van der Waals surface area (Å²) in [6, 6.07) is 9.52. The molecule has 0 saturated carbocycles. The van der Waals surface area contributed by atoms with Gasteiger partial charge in [0, 0.05) is 25.6 Å². The molecule has 214 valence electrons. The lowest BCUT2D eigenvalue weighted by atomic mass is 10.2. The largest absolute Gasteiger partial charge is 0.494 e. The molecule has 0 aliphatic rings. The van der Waals surface area contributed by atoms with E-state index in [0.29, 0.717) is 0 Å². The van der Waals surface area contributed by atoms with Crippen LogP contribution in [-0.4, -0.2) is 68.9 Å². The van der Waals surface area contributed by atoms with Gasteiger partial charge in [-0.25, -0.2) is 28.4 Å². The average molecular weight is 574 g/mol. The molecule has 2 atom stereocenters. The van der Waals surface area contributed by atoms with E-state index in [1.165, 1.54) is 41.4 Å². The minimum absolute atomic E-state index is 0.00765. The van der Waals surface area contributed by atoms with E-state index in [1.807, 2.05) is 6.92 Å². The van der Waals surface area contributed by atoms with Gasteiger partial charge in [0.1, 0.15) is 28.5 Å². The van der Waals surface area contributed by atoms with Crippen molar-refractivity contribution in [2.24, 2.45) is 4.99 Å². The number of nitrogens with one attached hydrogen (secondary N) is 3. The highest BCUT2D eigenvalue weighted by Crippen LogP contribution is 2.37. The Bertz CT molecular complexity index is 1430. The number of hydrogen-bond acceptors (Lipinski definition) is 11. The molecule has 40 heavy (non-hydrogen) atoms. The molecule has 0 radical (unpaired) electrons. The molecule has 1 amide bonds. The highest BCUT2D eigenvalue weighted by atomic mass is 32.2. The van der Waals surface area contributed by atoms with Gasteiger partial charge in [-0.3, -0.25) is 20.4 Å². The number of ether oxygens (including phenoxy) is 4. The van der Waals surface area contributed by atoms with E-state index in [2.05, 4.69) is 35.5 Å². The van der Waals surface area contributed by atoms with Crippen molar-refractivity contribution in [1.29, 1.82) is 0 Å². The zero-order valence-corrected chi connectivity index (χ0v) is 23.6. The predicted molar refractivity (Wildman–Crippen MR) is 146 cm³/mol. The number of sulfonamides is 1. The molecule has 14 nitrogen and oxygen atoms in total. The summed E-state index contributed by atoms with van der Waals surface area (Å²) < 4.78 is 50.6. The fraction of sp³-hybridized carbons (Fsp3) is 0.320. The van der Waals surface area contributed by atoms with Crippen molar-refractivity contribution in [2.45, 2.75) is 25.2 Å². The fourth-order valence-corrected chi connectivity index (χ4v) is 4.52. The number of methoxy groups -OCH3 is 4. The number of para-hydroxylation sites is 1. The zero-order valence-electron chi connectivity index (χ0n) is 22.8. The molecule has 1 aromatic carbocycles. The number of carbonyl (C=O) groups is 1.